The Balaban J connectivity index is 1.95. The van der Waals surface area contributed by atoms with Crippen molar-refractivity contribution in [3.8, 4) is 28.5 Å². The number of aryl methyl sites for hydroxylation is 1. The summed E-state index contributed by atoms with van der Waals surface area (Å²) in [6, 6.07) is 12.5. The van der Waals surface area contributed by atoms with Crippen molar-refractivity contribution < 1.29 is 19.0 Å². The number of aromatic nitrogens is 2. The Morgan fingerprint density at radius 1 is 0.963 bits per heavy atom. The van der Waals surface area contributed by atoms with E-state index >= 15 is 0 Å². The third-order valence-electron chi connectivity index (χ3n) is 4.19. The third-order valence-corrected chi connectivity index (χ3v) is 4.19. The molecule has 27 heavy (non-hydrogen) atoms. The van der Waals surface area contributed by atoms with E-state index < -0.39 is 0 Å². The van der Waals surface area contributed by atoms with Gasteiger partial charge in [-0.3, -0.25) is 9.89 Å². The van der Waals surface area contributed by atoms with Crippen LogP contribution >= 0.6 is 0 Å². The topological polar surface area (TPSA) is 85.5 Å². The lowest BCUT2D eigenvalue weighted by Gasteiger charge is -2.11. The first-order valence-electron chi connectivity index (χ1n) is 8.30. The molecule has 1 aromatic heterocycles. The van der Waals surface area contributed by atoms with E-state index in [2.05, 4.69) is 15.5 Å². The molecule has 0 aliphatic carbocycles. The highest BCUT2D eigenvalue weighted by Gasteiger charge is 2.19. The normalized spacial score (nSPS) is 10.4. The molecule has 2 aromatic carbocycles. The van der Waals surface area contributed by atoms with Crippen molar-refractivity contribution in [2.45, 2.75) is 6.92 Å². The lowest BCUT2D eigenvalue weighted by molar-refractivity contribution is 0.102. The Labute approximate surface area is 157 Å². The summed E-state index contributed by atoms with van der Waals surface area (Å²) in [5, 5.41) is 10.2. The summed E-state index contributed by atoms with van der Waals surface area (Å²) in [5.74, 6) is 1.43. The Kier molecular flexibility index (Phi) is 5.30. The number of ether oxygens (including phenoxy) is 3. The maximum absolute atomic E-state index is 12.8. The van der Waals surface area contributed by atoms with E-state index in [-0.39, 0.29) is 5.91 Å². The van der Waals surface area contributed by atoms with Crippen LogP contribution in [0.25, 0.3) is 11.3 Å². The van der Waals surface area contributed by atoms with E-state index in [1.54, 1.807) is 32.4 Å². The van der Waals surface area contributed by atoms with Crippen LogP contribution in [-0.2, 0) is 0 Å². The second-order valence-electron chi connectivity index (χ2n) is 5.80. The Morgan fingerprint density at radius 3 is 2.37 bits per heavy atom. The molecule has 0 saturated heterocycles. The summed E-state index contributed by atoms with van der Waals surface area (Å²) in [7, 11) is 4.67. The molecule has 0 radical (unpaired) electrons. The molecule has 7 nitrogen and oxygen atoms in total. The maximum Gasteiger partial charge on any atom is 0.255 e. The summed E-state index contributed by atoms with van der Waals surface area (Å²) < 4.78 is 15.9. The zero-order valence-corrected chi connectivity index (χ0v) is 15.6. The fraction of sp³-hybridized carbons (Fsp3) is 0.200. The molecular weight excluding hydrogens is 346 g/mol. The number of nitrogens with one attached hydrogen (secondary N) is 2. The van der Waals surface area contributed by atoms with Crippen LogP contribution in [0, 0.1) is 6.92 Å². The molecular formula is C20H21N3O4. The summed E-state index contributed by atoms with van der Waals surface area (Å²) in [6.45, 7) is 1.84. The van der Waals surface area contributed by atoms with E-state index in [4.69, 9.17) is 14.2 Å². The zero-order valence-electron chi connectivity index (χ0n) is 15.6. The molecule has 0 aliphatic heterocycles. The molecule has 0 saturated carbocycles. The van der Waals surface area contributed by atoms with Crippen molar-refractivity contribution in [2.75, 3.05) is 26.6 Å². The second-order valence-corrected chi connectivity index (χ2v) is 5.80. The first kappa shape index (κ1) is 18.3. The van der Waals surface area contributed by atoms with Gasteiger partial charge in [-0.1, -0.05) is 12.1 Å². The molecule has 1 heterocycles. The summed E-state index contributed by atoms with van der Waals surface area (Å²) >= 11 is 0. The average molecular weight is 367 g/mol. The van der Waals surface area contributed by atoms with Gasteiger partial charge < -0.3 is 19.5 Å². The summed E-state index contributed by atoms with van der Waals surface area (Å²) in [5.41, 5.74) is 3.17. The average Bonchev–Trinajstić information content (AvgIpc) is 3.07. The number of para-hydroxylation sites is 1. The highest BCUT2D eigenvalue weighted by molar-refractivity contribution is 6.07. The summed E-state index contributed by atoms with van der Waals surface area (Å²) in [4.78, 5) is 12.8. The van der Waals surface area contributed by atoms with Gasteiger partial charge in [-0.25, -0.2) is 0 Å². The van der Waals surface area contributed by atoms with Crippen molar-refractivity contribution in [3.05, 3.63) is 53.7 Å². The van der Waals surface area contributed by atoms with Gasteiger partial charge in [-0.2, -0.15) is 5.10 Å². The fourth-order valence-electron chi connectivity index (χ4n) is 2.78. The van der Waals surface area contributed by atoms with E-state index in [9.17, 15) is 4.79 Å². The second kappa shape index (κ2) is 7.82. The summed E-state index contributed by atoms with van der Waals surface area (Å²) in [6.07, 6.45) is 0. The molecule has 7 heteroatoms. The Bertz CT molecular complexity index is 966. The number of hydrogen-bond donors (Lipinski definition) is 2. The minimum atomic E-state index is -0.281. The van der Waals surface area contributed by atoms with Crippen LogP contribution in [0.2, 0.25) is 0 Å². The van der Waals surface area contributed by atoms with Gasteiger partial charge in [0.25, 0.3) is 5.91 Å². The first-order chi connectivity index (χ1) is 13.1. The third kappa shape index (κ3) is 3.57. The number of carbonyl (C=O) groups is 1. The minimum Gasteiger partial charge on any atom is -0.496 e. The number of hydrogen-bond acceptors (Lipinski definition) is 5. The SMILES string of the molecule is COc1ccc(C(=O)Nc2c(-c3ccccc3OC)n[nH]c2C)cc1OC. The van der Waals surface area contributed by atoms with E-state index in [0.717, 1.165) is 11.3 Å². The Morgan fingerprint density at radius 2 is 1.67 bits per heavy atom. The van der Waals surface area contributed by atoms with E-state index in [1.165, 1.54) is 7.11 Å². The largest absolute Gasteiger partial charge is 0.496 e. The highest BCUT2D eigenvalue weighted by atomic mass is 16.5. The van der Waals surface area contributed by atoms with Crippen molar-refractivity contribution in [1.82, 2.24) is 10.2 Å². The van der Waals surface area contributed by atoms with Crippen LogP contribution in [0.15, 0.2) is 42.5 Å². The molecule has 2 N–H and O–H groups in total. The van der Waals surface area contributed by atoms with Gasteiger partial charge >= 0.3 is 0 Å². The molecule has 0 unspecified atom stereocenters. The van der Waals surface area contributed by atoms with Crippen LogP contribution in [0.5, 0.6) is 17.2 Å². The lowest BCUT2D eigenvalue weighted by atomic mass is 10.1. The molecule has 0 fully saturated rings. The van der Waals surface area contributed by atoms with Gasteiger partial charge in [0.05, 0.1) is 32.7 Å². The number of nitrogens with zero attached hydrogens (tertiary/aromatic N) is 1. The highest BCUT2D eigenvalue weighted by Crippen LogP contribution is 2.35. The number of aromatic amines is 1. The smallest absolute Gasteiger partial charge is 0.255 e. The number of rotatable bonds is 6. The minimum absolute atomic E-state index is 0.281. The fourth-order valence-corrected chi connectivity index (χ4v) is 2.78. The van der Waals surface area contributed by atoms with Gasteiger partial charge in [0, 0.05) is 11.1 Å². The zero-order chi connectivity index (χ0) is 19.4. The lowest BCUT2D eigenvalue weighted by Crippen LogP contribution is -2.13. The number of anilines is 1. The Hall–Kier alpha value is -3.48. The van der Waals surface area contributed by atoms with E-state index in [0.29, 0.717) is 34.2 Å². The van der Waals surface area contributed by atoms with Crippen LogP contribution in [0.1, 0.15) is 16.1 Å². The quantitative estimate of drug-likeness (QED) is 0.694. The van der Waals surface area contributed by atoms with Crippen molar-refractivity contribution >= 4 is 11.6 Å². The molecule has 0 spiro atoms. The van der Waals surface area contributed by atoms with Crippen molar-refractivity contribution in [1.29, 1.82) is 0 Å². The predicted octanol–water partition coefficient (Wildman–Crippen LogP) is 3.66. The molecule has 0 bridgehead atoms. The molecule has 3 rings (SSSR count). The number of methoxy groups -OCH3 is 3. The van der Waals surface area contributed by atoms with Gasteiger partial charge in [0.1, 0.15) is 11.4 Å². The predicted molar refractivity (Wildman–Crippen MR) is 103 cm³/mol. The van der Waals surface area contributed by atoms with Gasteiger partial charge in [0.2, 0.25) is 0 Å². The number of amides is 1. The van der Waals surface area contributed by atoms with Crippen LogP contribution in [0.3, 0.4) is 0 Å². The number of benzene rings is 2. The van der Waals surface area contributed by atoms with Crippen LogP contribution < -0.4 is 19.5 Å². The molecule has 3 aromatic rings. The maximum atomic E-state index is 12.8. The van der Waals surface area contributed by atoms with Gasteiger partial charge in [-0.15, -0.1) is 0 Å². The molecule has 1 amide bonds. The standard InChI is InChI=1S/C20H21N3O4/c1-12-18(19(23-22-12)14-7-5-6-8-15(14)25-2)21-20(24)13-9-10-16(26-3)17(11-13)27-4/h5-11H,1-4H3,(H,21,24)(H,22,23). The number of H-pyrrole nitrogens is 1. The first-order valence-corrected chi connectivity index (χ1v) is 8.30. The monoisotopic (exact) mass is 367 g/mol. The van der Waals surface area contributed by atoms with Gasteiger partial charge in [0.15, 0.2) is 11.5 Å². The number of carbonyl (C=O) groups excluding carboxylic acids is 1. The van der Waals surface area contributed by atoms with Crippen LogP contribution in [-0.4, -0.2) is 37.4 Å². The van der Waals surface area contributed by atoms with E-state index in [1.807, 2.05) is 31.2 Å². The van der Waals surface area contributed by atoms with Crippen molar-refractivity contribution in [3.63, 3.8) is 0 Å². The van der Waals surface area contributed by atoms with Crippen LogP contribution in [0.4, 0.5) is 5.69 Å². The molecule has 0 aliphatic rings. The van der Waals surface area contributed by atoms with Gasteiger partial charge in [-0.05, 0) is 37.3 Å². The molecule has 0 atom stereocenters. The molecule has 140 valence electrons. The van der Waals surface area contributed by atoms with Crippen molar-refractivity contribution in [2.24, 2.45) is 0 Å².